The van der Waals surface area contributed by atoms with Gasteiger partial charge in [0.05, 0.1) is 6.10 Å². The van der Waals surface area contributed by atoms with Gasteiger partial charge >= 0.3 is 5.97 Å². The highest BCUT2D eigenvalue weighted by Crippen LogP contribution is 2.30. The van der Waals surface area contributed by atoms with Crippen molar-refractivity contribution in [3.63, 3.8) is 0 Å². The van der Waals surface area contributed by atoms with Crippen LogP contribution in [0.4, 0.5) is 0 Å². The summed E-state index contributed by atoms with van der Waals surface area (Å²) < 4.78 is 10.9. The highest BCUT2D eigenvalue weighted by atomic mass is 16.7. The van der Waals surface area contributed by atoms with Crippen molar-refractivity contribution < 1.29 is 34.7 Å². The van der Waals surface area contributed by atoms with E-state index in [-0.39, 0.29) is 0 Å². The first kappa shape index (κ1) is 17.8. The van der Waals surface area contributed by atoms with Crippen molar-refractivity contribution in [2.75, 3.05) is 0 Å². The molecule has 0 radical (unpaired) electrons. The molecular weight excluding hydrogens is 304 g/mol. The van der Waals surface area contributed by atoms with Crippen LogP contribution in [0.1, 0.15) is 31.4 Å². The summed E-state index contributed by atoms with van der Waals surface area (Å²) in [5.41, 5.74) is 0.859. The van der Waals surface area contributed by atoms with E-state index >= 15 is 0 Å². The average Bonchev–Trinajstić information content (AvgIpc) is 2.55. The third kappa shape index (κ3) is 4.07. The van der Waals surface area contributed by atoms with Gasteiger partial charge in [-0.2, -0.15) is 0 Å². The number of aliphatic hydroxyl groups is 3. The van der Waals surface area contributed by atoms with E-state index in [0.717, 1.165) is 12.0 Å². The van der Waals surface area contributed by atoms with Gasteiger partial charge in [0.25, 0.3) is 0 Å². The fourth-order valence-corrected chi connectivity index (χ4v) is 2.57. The first-order valence-electron chi connectivity index (χ1n) is 7.58. The highest BCUT2D eigenvalue weighted by Gasteiger charge is 2.48. The molecule has 0 unspecified atom stereocenters. The quantitative estimate of drug-likeness (QED) is 0.599. The van der Waals surface area contributed by atoms with Gasteiger partial charge in [0.1, 0.15) is 18.3 Å². The zero-order chi connectivity index (χ0) is 17.0. The number of benzene rings is 1. The van der Waals surface area contributed by atoms with Gasteiger partial charge in [0.15, 0.2) is 12.4 Å². The third-order valence-electron chi connectivity index (χ3n) is 3.83. The van der Waals surface area contributed by atoms with Crippen LogP contribution in [0.5, 0.6) is 0 Å². The maximum Gasteiger partial charge on any atom is 0.335 e. The van der Waals surface area contributed by atoms with E-state index < -0.39 is 42.8 Å². The second-order valence-electron chi connectivity index (χ2n) is 5.56. The Labute approximate surface area is 134 Å². The Morgan fingerprint density at radius 3 is 2.39 bits per heavy atom. The Hall–Kier alpha value is -1.51. The standard InChI is InChI=1S/C16H22O7/c1-2-6-10(9-7-4-3-5-8-9)22-16-13(19)11(17)12(18)14(23-16)15(20)21/h3-5,7-8,10-14,16-19H,2,6H2,1H3,(H,20,21)/t10-,11-,12-,13+,14-,16+/m0/s1. The summed E-state index contributed by atoms with van der Waals surface area (Å²) in [5, 5.41) is 38.6. The number of aliphatic hydroxyl groups excluding tert-OH is 3. The number of carbonyl (C=O) groups is 1. The molecule has 2 rings (SSSR count). The van der Waals surface area contributed by atoms with Crippen molar-refractivity contribution in [3.05, 3.63) is 35.9 Å². The second-order valence-corrected chi connectivity index (χ2v) is 5.56. The van der Waals surface area contributed by atoms with Gasteiger partial charge in [0.2, 0.25) is 0 Å². The molecule has 0 aliphatic carbocycles. The molecule has 7 heteroatoms. The normalized spacial score (nSPS) is 32.4. The number of carboxylic acids is 1. The summed E-state index contributed by atoms with van der Waals surface area (Å²) >= 11 is 0. The molecule has 0 aromatic heterocycles. The lowest BCUT2D eigenvalue weighted by Crippen LogP contribution is -2.60. The molecule has 1 aliphatic heterocycles. The van der Waals surface area contributed by atoms with Crippen molar-refractivity contribution in [1.29, 1.82) is 0 Å². The molecule has 0 amide bonds. The largest absolute Gasteiger partial charge is 0.479 e. The zero-order valence-corrected chi connectivity index (χ0v) is 12.8. The minimum Gasteiger partial charge on any atom is -0.479 e. The molecule has 1 saturated heterocycles. The Kier molecular flexibility index (Phi) is 6.09. The molecule has 23 heavy (non-hydrogen) atoms. The topological polar surface area (TPSA) is 116 Å². The van der Waals surface area contributed by atoms with Gasteiger partial charge in [-0.3, -0.25) is 0 Å². The molecule has 4 N–H and O–H groups in total. The van der Waals surface area contributed by atoms with Gasteiger partial charge < -0.3 is 29.9 Å². The summed E-state index contributed by atoms with van der Waals surface area (Å²) in [6.07, 6.45) is -6.90. The molecule has 0 saturated carbocycles. The fraction of sp³-hybridized carbons (Fsp3) is 0.562. The first-order valence-corrected chi connectivity index (χ1v) is 7.58. The third-order valence-corrected chi connectivity index (χ3v) is 3.83. The SMILES string of the molecule is CCC[C@H](O[C@@H]1O[C@H](C(=O)O)[C@@H](O)[C@H](O)[C@H]1O)c1ccccc1. The second kappa shape index (κ2) is 7.85. The minimum absolute atomic E-state index is 0.419. The van der Waals surface area contributed by atoms with Gasteiger partial charge in [0, 0.05) is 0 Å². The van der Waals surface area contributed by atoms with Gasteiger partial charge in [-0.05, 0) is 12.0 Å². The van der Waals surface area contributed by atoms with Crippen molar-refractivity contribution >= 4 is 5.97 Å². The lowest BCUT2D eigenvalue weighted by molar-refractivity contribution is -0.306. The number of hydrogen-bond acceptors (Lipinski definition) is 6. The van der Waals surface area contributed by atoms with Crippen molar-refractivity contribution in [3.8, 4) is 0 Å². The number of ether oxygens (including phenoxy) is 2. The number of hydrogen-bond donors (Lipinski definition) is 4. The average molecular weight is 326 g/mol. The van der Waals surface area contributed by atoms with Crippen LogP contribution in [-0.4, -0.2) is 57.1 Å². The van der Waals surface area contributed by atoms with E-state index in [1.54, 1.807) is 0 Å². The van der Waals surface area contributed by atoms with Gasteiger partial charge in [-0.25, -0.2) is 4.79 Å². The molecule has 6 atom stereocenters. The highest BCUT2D eigenvalue weighted by molar-refractivity contribution is 5.73. The van der Waals surface area contributed by atoms with Crippen molar-refractivity contribution in [2.45, 2.75) is 56.6 Å². The van der Waals surface area contributed by atoms with Crippen LogP contribution < -0.4 is 0 Å². The summed E-state index contributed by atoms with van der Waals surface area (Å²) in [4.78, 5) is 11.1. The van der Waals surface area contributed by atoms with Crippen LogP contribution in [0.15, 0.2) is 30.3 Å². The van der Waals surface area contributed by atoms with Gasteiger partial charge in [-0.1, -0.05) is 43.7 Å². The van der Waals surface area contributed by atoms with Crippen LogP contribution in [0.2, 0.25) is 0 Å². The van der Waals surface area contributed by atoms with Gasteiger partial charge in [-0.15, -0.1) is 0 Å². The van der Waals surface area contributed by atoms with E-state index in [4.69, 9.17) is 14.6 Å². The summed E-state index contributed by atoms with van der Waals surface area (Å²) in [7, 11) is 0. The Bertz CT molecular complexity index is 506. The lowest BCUT2D eigenvalue weighted by Gasteiger charge is -2.39. The Morgan fingerprint density at radius 2 is 1.83 bits per heavy atom. The molecule has 1 heterocycles. The first-order chi connectivity index (χ1) is 11.0. The minimum atomic E-state index is -1.72. The van der Waals surface area contributed by atoms with E-state index in [9.17, 15) is 20.1 Å². The summed E-state index contributed by atoms with van der Waals surface area (Å²) in [6.45, 7) is 1.97. The maximum atomic E-state index is 11.1. The maximum absolute atomic E-state index is 11.1. The Morgan fingerprint density at radius 1 is 1.17 bits per heavy atom. The van der Waals surface area contributed by atoms with Crippen LogP contribution >= 0.6 is 0 Å². The van der Waals surface area contributed by atoms with E-state index in [1.165, 1.54) is 0 Å². The van der Waals surface area contributed by atoms with Crippen LogP contribution in [0, 0.1) is 0 Å². The summed E-state index contributed by atoms with van der Waals surface area (Å²) in [6, 6.07) is 9.26. The summed E-state index contributed by atoms with van der Waals surface area (Å²) in [5.74, 6) is -1.43. The van der Waals surface area contributed by atoms with E-state index in [0.29, 0.717) is 6.42 Å². The molecule has 1 aliphatic rings. The number of carboxylic acid groups (broad SMARTS) is 1. The lowest BCUT2D eigenvalue weighted by atomic mass is 9.98. The smallest absolute Gasteiger partial charge is 0.335 e. The van der Waals surface area contributed by atoms with Crippen LogP contribution in [-0.2, 0) is 14.3 Å². The number of aliphatic carboxylic acids is 1. The van der Waals surface area contributed by atoms with Crippen LogP contribution in [0.3, 0.4) is 0 Å². The van der Waals surface area contributed by atoms with E-state index in [1.807, 2.05) is 37.3 Å². The molecule has 7 nitrogen and oxygen atoms in total. The molecule has 1 fully saturated rings. The molecular formula is C16H22O7. The van der Waals surface area contributed by atoms with E-state index in [2.05, 4.69) is 0 Å². The predicted molar refractivity (Wildman–Crippen MR) is 79.5 cm³/mol. The number of rotatable bonds is 6. The Balaban J connectivity index is 2.16. The zero-order valence-electron chi connectivity index (χ0n) is 12.8. The molecule has 1 aromatic carbocycles. The van der Waals surface area contributed by atoms with Crippen LogP contribution in [0.25, 0.3) is 0 Å². The van der Waals surface area contributed by atoms with Crippen molar-refractivity contribution in [1.82, 2.24) is 0 Å². The fourth-order valence-electron chi connectivity index (χ4n) is 2.57. The molecule has 0 spiro atoms. The molecule has 0 bridgehead atoms. The molecule has 128 valence electrons. The predicted octanol–water partition coefficient (Wildman–Crippen LogP) is 0.437. The van der Waals surface area contributed by atoms with Crippen molar-refractivity contribution in [2.24, 2.45) is 0 Å². The monoisotopic (exact) mass is 326 g/mol. The molecule has 1 aromatic rings.